The van der Waals surface area contributed by atoms with Crippen molar-refractivity contribution in [3.8, 4) is 0 Å². The van der Waals surface area contributed by atoms with Crippen LogP contribution >= 0.6 is 0 Å². The zero-order valence-electron chi connectivity index (χ0n) is 13.9. The molecule has 1 atom stereocenters. The summed E-state index contributed by atoms with van der Waals surface area (Å²) >= 11 is 0. The summed E-state index contributed by atoms with van der Waals surface area (Å²) < 4.78 is 1.83. The van der Waals surface area contributed by atoms with Gasteiger partial charge in [0.1, 0.15) is 0 Å². The van der Waals surface area contributed by atoms with Gasteiger partial charge in [-0.25, -0.2) is 0 Å². The number of fused-ring (bicyclic) bond motifs is 3. The molecule has 24 heavy (non-hydrogen) atoms. The molecule has 1 aromatic carbocycles. The Balaban J connectivity index is 1.52. The van der Waals surface area contributed by atoms with Crippen molar-refractivity contribution in [2.75, 3.05) is 6.54 Å². The molecule has 5 heteroatoms. The molecule has 1 amide bonds. The van der Waals surface area contributed by atoms with Crippen molar-refractivity contribution in [2.45, 2.75) is 38.6 Å². The molecule has 0 spiro atoms. The normalized spacial score (nSPS) is 17.0. The Kier molecular flexibility index (Phi) is 3.84. The zero-order valence-corrected chi connectivity index (χ0v) is 13.9. The lowest BCUT2D eigenvalue weighted by molar-refractivity contribution is -0.123. The first-order chi connectivity index (χ1) is 11.7. The molecule has 0 fully saturated rings. The topological polar surface area (TPSA) is 62.7 Å². The Morgan fingerprint density at radius 3 is 3.21 bits per heavy atom. The number of aromatic amines is 1. The van der Waals surface area contributed by atoms with E-state index in [4.69, 9.17) is 0 Å². The van der Waals surface area contributed by atoms with Gasteiger partial charge in [-0.05, 0) is 49.9 Å². The number of hydrogen-bond acceptors (Lipinski definition) is 2. The summed E-state index contributed by atoms with van der Waals surface area (Å²) in [7, 11) is 0. The van der Waals surface area contributed by atoms with E-state index >= 15 is 0 Å². The molecule has 0 unspecified atom stereocenters. The number of H-pyrrole nitrogens is 1. The van der Waals surface area contributed by atoms with E-state index in [9.17, 15) is 4.79 Å². The highest BCUT2D eigenvalue weighted by Crippen LogP contribution is 2.36. The van der Waals surface area contributed by atoms with Gasteiger partial charge in [0.25, 0.3) is 0 Å². The third-order valence-corrected chi connectivity index (χ3v) is 4.88. The molecule has 2 N–H and O–H groups in total. The molecule has 3 aromatic rings. The van der Waals surface area contributed by atoms with Gasteiger partial charge in [-0.15, -0.1) is 0 Å². The summed E-state index contributed by atoms with van der Waals surface area (Å²) in [6, 6.07) is 8.35. The zero-order chi connectivity index (χ0) is 16.5. The number of nitrogens with one attached hydrogen (secondary N) is 2. The van der Waals surface area contributed by atoms with Crippen molar-refractivity contribution in [2.24, 2.45) is 0 Å². The number of benzene rings is 1. The van der Waals surface area contributed by atoms with E-state index in [-0.39, 0.29) is 11.8 Å². The van der Waals surface area contributed by atoms with Crippen molar-refractivity contribution in [1.82, 2.24) is 20.1 Å². The highest BCUT2D eigenvalue weighted by molar-refractivity contribution is 5.90. The van der Waals surface area contributed by atoms with Gasteiger partial charge in [-0.2, -0.15) is 5.10 Å². The third kappa shape index (κ3) is 2.70. The number of hydrogen-bond donors (Lipinski definition) is 2. The molecule has 0 saturated carbocycles. The van der Waals surface area contributed by atoms with Gasteiger partial charge in [0.15, 0.2) is 0 Å². The monoisotopic (exact) mass is 322 g/mol. The van der Waals surface area contributed by atoms with E-state index in [1.165, 1.54) is 16.5 Å². The molecule has 0 bridgehead atoms. The summed E-state index contributed by atoms with van der Waals surface area (Å²) in [5.41, 5.74) is 4.84. The average molecular weight is 322 g/mol. The van der Waals surface area contributed by atoms with Gasteiger partial charge in [0.2, 0.25) is 5.91 Å². The number of rotatable bonds is 4. The van der Waals surface area contributed by atoms with Crippen LogP contribution in [0.2, 0.25) is 0 Å². The van der Waals surface area contributed by atoms with Gasteiger partial charge in [0, 0.05) is 35.5 Å². The Morgan fingerprint density at radius 2 is 2.38 bits per heavy atom. The van der Waals surface area contributed by atoms with E-state index in [2.05, 4.69) is 40.5 Å². The quantitative estimate of drug-likeness (QED) is 0.776. The van der Waals surface area contributed by atoms with Crippen LogP contribution in [0.1, 0.15) is 35.6 Å². The predicted molar refractivity (Wildman–Crippen MR) is 94.0 cm³/mol. The second-order valence-corrected chi connectivity index (χ2v) is 6.57. The SMILES string of the molecule is Cc1ccc2[nH]c3c(c2c1)CCC[C@H]3C(=O)NCCn1cccn1. The van der Waals surface area contributed by atoms with Gasteiger partial charge in [0.05, 0.1) is 12.5 Å². The standard InChI is InChI=1S/C19H22N4O/c1-13-6-7-17-16(12-13)14-4-2-5-15(18(14)22-17)19(24)20-9-11-23-10-3-8-21-23/h3,6-8,10,12,15,22H,2,4-5,9,11H2,1H3,(H,20,24)/t15-/m1/s1. The van der Waals surface area contributed by atoms with Crippen molar-refractivity contribution >= 4 is 16.8 Å². The fourth-order valence-corrected chi connectivity index (χ4v) is 3.69. The van der Waals surface area contributed by atoms with Crippen LogP contribution in [0, 0.1) is 6.92 Å². The van der Waals surface area contributed by atoms with Crippen LogP contribution in [0.3, 0.4) is 0 Å². The fourth-order valence-electron chi connectivity index (χ4n) is 3.69. The lowest BCUT2D eigenvalue weighted by Gasteiger charge is -2.22. The van der Waals surface area contributed by atoms with Crippen molar-refractivity contribution in [1.29, 1.82) is 0 Å². The smallest absolute Gasteiger partial charge is 0.229 e. The first-order valence-corrected chi connectivity index (χ1v) is 8.58. The minimum absolute atomic E-state index is 0.0703. The van der Waals surface area contributed by atoms with Gasteiger partial charge < -0.3 is 10.3 Å². The highest BCUT2D eigenvalue weighted by Gasteiger charge is 2.29. The van der Waals surface area contributed by atoms with E-state index in [0.29, 0.717) is 13.1 Å². The van der Waals surface area contributed by atoms with Crippen LogP contribution in [-0.4, -0.2) is 27.2 Å². The number of carbonyl (C=O) groups is 1. The van der Waals surface area contributed by atoms with Crippen LogP contribution in [0.25, 0.3) is 10.9 Å². The molecular formula is C19H22N4O. The first-order valence-electron chi connectivity index (χ1n) is 8.58. The van der Waals surface area contributed by atoms with E-state index in [0.717, 1.165) is 30.5 Å². The Labute approximate surface area is 141 Å². The molecule has 4 rings (SSSR count). The van der Waals surface area contributed by atoms with Crippen LogP contribution in [-0.2, 0) is 17.8 Å². The summed E-state index contributed by atoms with van der Waals surface area (Å²) in [5.74, 6) is 0.0467. The highest BCUT2D eigenvalue weighted by atomic mass is 16.1. The number of aromatic nitrogens is 3. The van der Waals surface area contributed by atoms with Crippen molar-refractivity contribution < 1.29 is 4.79 Å². The second kappa shape index (κ2) is 6.15. The maximum absolute atomic E-state index is 12.7. The second-order valence-electron chi connectivity index (χ2n) is 6.57. The maximum Gasteiger partial charge on any atom is 0.229 e. The van der Waals surface area contributed by atoms with Crippen LogP contribution in [0.5, 0.6) is 0 Å². The summed E-state index contributed by atoms with van der Waals surface area (Å²) in [6.45, 7) is 3.41. The number of carbonyl (C=O) groups excluding carboxylic acids is 1. The maximum atomic E-state index is 12.7. The average Bonchev–Trinajstić information content (AvgIpc) is 3.21. The first kappa shape index (κ1) is 15.0. The van der Waals surface area contributed by atoms with Crippen LogP contribution in [0.15, 0.2) is 36.7 Å². The largest absolute Gasteiger partial charge is 0.357 e. The molecule has 124 valence electrons. The number of aryl methyl sites for hydroxylation is 2. The summed E-state index contributed by atoms with van der Waals surface area (Å²) in [5, 5.41) is 8.50. The summed E-state index contributed by atoms with van der Waals surface area (Å²) in [6.07, 6.45) is 6.68. The number of nitrogens with zero attached hydrogens (tertiary/aromatic N) is 2. The molecular weight excluding hydrogens is 300 g/mol. The molecule has 0 aliphatic heterocycles. The molecule has 2 heterocycles. The van der Waals surface area contributed by atoms with Crippen LogP contribution < -0.4 is 5.32 Å². The van der Waals surface area contributed by atoms with Gasteiger partial charge in [-0.1, -0.05) is 11.6 Å². The van der Waals surface area contributed by atoms with Crippen molar-refractivity contribution in [3.63, 3.8) is 0 Å². The van der Waals surface area contributed by atoms with E-state index in [1.807, 2.05) is 16.9 Å². The minimum Gasteiger partial charge on any atom is -0.357 e. The summed E-state index contributed by atoms with van der Waals surface area (Å²) in [4.78, 5) is 16.2. The lowest BCUT2D eigenvalue weighted by Crippen LogP contribution is -2.33. The van der Waals surface area contributed by atoms with Crippen molar-refractivity contribution in [3.05, 3.63) is 53.5 Å². The molecule has 5 nitrogen and oxygen atoms in total. The number of amides is 1. The minimum atomic E-state index is -0.0703. The Bertz CT molecular complexity index is 863. The van der Waals surface area contributed by atoms with E-state index in [1.54, 1.807) is 6.20 Å². The third-order valence-electron chi connectivity index (χ3n) is 4.88. The molecule has 0 saturated heterocycles. The van der Waals surface area contributed by atoms with Crippen LogP contribution in [0.4, 0.5) is 0 Å². The molecule has 1 aliphatic carbocycles. The predicted octanol–water partition coefficient (Wildman–Crippen LogP) is 2.91. The Hall–Kier alpha value is -2.56. The van der Waals surface area contributed by atoms with Gasteiger partial charge in [-0.3, -0.25) is 9.48 Å². The fraction of sp³-hybridized carbons (Fsp3) is 0.368. The molecule has 2 aromatic heterocycles. The lowest BCUT2D eigenvalue weighted by atomic mass is 9.86. The molecule has 1 aliphatic rings. The Morgan fingerprint density at radius 1 is 1.46 bits per heavy atom. The van der Waals surface area contributed by atoms with E-state index < -0.39 is 0 Å². The van der Waals surface area contributed by atoms with Gasteiger partial charge >= 0.3 is 0 Å². The molecule has 0 radical (unpaired) electrons.